The van der Waals surface area contributed by atoms with Crippen LogP contribution >= 0.6 is 22.6 Å². The Hall–Kier alpha value is -2.82. The minimum Gasteiger partial charge on any atom is -0.479 e. The van der Waals surface area contributed by atoms with Crippen LogP contribution < -0.4 is 0 Å². The number of aliphatic carboxylic acids is 1. The maximum Gasteiger partial charge on any atom is 0.340 e. The van der Waals surface area contributed by atoms with Crippen LogP contribution in [0.25, 0.3) is 22.5 Å². The van der Waals surface area contributed by atoms with E-state index in [1.807, 2.05) is 91.9 Å². The molecule has 33 heavy (non-hydrogen) atoms. The molecule has 174 valence electrons. The van der Waals surface area contributed by atoms with Crippen molar-refractivity contribution < 1.29 is 14.7 Å². The van der Waals surface area contributed by atoms with Crippen molar-refractivity contribution in [1.29, 1.82) is 0 Å². The van der Waals surface area contributed by atoms with E-state index in [4.69, 9.17) is 0 Å². The van der Waals surface area contributed by atoms with Gasteiger partial charge in [0.15, 0.2) is 3.55 Å². The van der Waals surface area contributed by atoms with E-state index in [0.29, 0.717) is 12.2 Å². The summed E-state index contributed by atoms with van der Waals surface area (Å²) in [4.78, 5) is 26.8. The first-order valence-corrected chi connectivity index (χ1v) is 12.0. The Labute approximate surface area is 206 Å². The fourth-order valence-corrected chi connectivity index (χ4v) is 4.14. The molecule has 3 rings (SSSR count). The molecule has 3 aromatic rings. The second kappa shape index (κ2) is 10.9. The highest BCUT2D eigenvalue weighted by molar-refractivity contribution is 14.1. The number of nitrogens with zero attached hydrogens (tertiary/aromatic N) is 4. The highest BCUT2D eigenvalue weighted by Gasteiger charge is 2.46. The Morgan fingerprint density at radius 1 is 1.12 bits per heavy atom. The summed E-state index contributed by atoms with van der Waals surface area (Å²) in [6.45, 7) is 5.90. The van der Waals surface area contributed by atoms with Gasteiger partial charge in [0.1, 0.15) is 0 Å². The molecule has 0 aliphatic rings. The molecule has 1 amide bonds. The van der Waals surface area contributed by atoms with E-state index in [9.17, 15) is 14.7 Å². The number of halogens is 1. The highest BCUT2D eigenvalue weighted by atomic mass is 127. The average molecular weight is 561 g/mol. The topological polar surface area (TPSA) is 112 Å². The predicted molar refractivity (Wildman–Crippen MR) is 134 cm³/mol. The fourth-order valence-electron chi connectivity index (χ4n) is 3.70. The van der Waals surface area contributed by atoms with Crippen LogP contribution in [0.2, 0.25) is 0 Å². The summed E-state index contributed by atoms with van der Waals surface area (Å²) >= 11 is 1.92. The third-order valence-corrected chi connectivity index (χ3v) is 7.91. The van der Waals surface area contributed by atoms with E-state index >= 15 is 0 Å². The third kappa shape index (κ3) is 5.40. The van der Waals surface area contributed by atoms with Gasteiger partial charge in [-0.1, -0.05) is 75.7 Å². The molecule has 0 bridgehead atoms. The summed E-state index contributed by atoms with van der Waals surface area (Å²) in [7, 11) is 0. The molecule has 0 radical (unpaired) electrons. The highest BCUT2D eigenvalue weighted by Crippen LogP contribution is 2.36. The molecule has 1 heterocycles. The number of unbranched alkanes of at least 4 members (excludes halogenated alkanes) is 1. The largest absolute Gasteiger partial charge is 0.479 e. The Kier molecular flexibility index (Phi) is 8.17. The van der Waals surface area contributed by atoms with Crippen molar-refractivity contribution >= 4 is 34.5 Å². The van der Waals surface area contributed by atoms with Crippen molar-refractivity contribution in [2.45, 2.75) is 50.1 Å². The van der Waals surface area contributed by atoms with Gasteiger partial charge < -0.3 is 10.0 Å². The number of nitrogens with one attached hydrogen (secondary N) is 1. The first-order chi connectivity index (χ1) is 15.8. The number of carboxylic acids is 1. The zero-order valence-electron chi connectivity index (χ0n) is 19.0. The smallest absolute Gasteiger partial charge is 0.340 e. The normalized spacial score (nSPS) is 13.0. The number of aromatic nitrogens is 4. The van der Waals surface area contributed by atoms with Gasteiger partial charge in [-0.15, -0.1) is 10.2 Å². The SMILES string of the molecule is CCCCC(=O)N(Cc1ccc(-c2ccccc2-c2nn[nH]n2)cc1)C(I)(C(=O)O)C(C)C. The quantitative estimate of drug-likeness (QED) is 0.206. The van der Waals surface area contributed by atoms with E-state index in [1.54, 1.807) is 0 Å². The number of aromatic amines is 1. The Morgan fingerprint density at radius 3 is 2.33 bits per heavy atom. The minimum absolute atomic E-state index is 0.145. The molecular weight excluding hydrogens is 533 g/mol. The lowest BCUT2D eigenvalue weighted by Gasteiger charge is -2.39. The molecule has 0 aliphatic heterocycles. The van der Waals surface area contributed by atoms with Crippen LogP contribution in [0.5, 0.6) is 0 Å². The molecule has 1 unspecified atom stereocenters. The van der Waals surface area contributed by atoms with Crippen molar-refractivity contribution in [3.63, 3.8) is 0 Å². The van der Waals surface area contributed by atoms with Crippen molar-refractivity contribution in [3.8, 4) is 22.5 Å². The Morgan fingerprint density at radius 2 is 1.79 bits per heavy atom. The summed E-state index contributed by atoms with van der Waals surface area (Å²) in [5.41, 5.74) is 3.64. The zero-order chi connectivity index (χ0) is 24.0. The number of amides is 1. The summed E-state index contributed by atoms with van der Waals surface area (Å²) < 4.78 is -1.33. The molecule has 0 fully saturated rings. The van der Waals surface area contributed by atoms with Crippen LogP contribution in [0.1, 0.15) is 45.6 Å². The van der Waals surface area contributed by atoms with Crippen LogP contribution in [0.15, 0.2) is 48.5 Å². The number of alkyl halides is 1. The van der Waals surface area contributed by atoms with Crippen molar-refractivity contribution in [3.05, 3.63) is 54.1 Å². The number of tetrazole rings is 1. The first-order valence-electron chi connectivity index (χ1n) is 10.9. The lowest BCUT2D eigenvalue weighted by Crippen LogP contribution is -2.55. The molecule has 9 heteroatoms. The Bertz CT molecular complexity index is 1090. The van der Waals surface area contributed by atoms with Gasteiger partial charge in [-0.2, -0.15) is 5.21 Å². The molecule has 2 aromatic carbocycles. The van der Waals surface area contributed by atoms with Crippen LogP contribution in [-0.4, -0.2) is 46.1 Å². The second-order valence-electron chi connectivity index (χ2n) is 8.19. The lowest BCUT2D eigenvalue weighted by molar-refractivity contribution is -0.154. The van der Waals surface area contributed by atoms with Gasteiger partial charge in [0.25, 0.3) is 0 Å². The average Bonchev–Trinajstić information content (AvgIpc) is 3.35. The van der Waals surface area contributed by atoms with E-state index < -0.39 is 9.51 Å². The maximum absolute atomic E-state index is 13.1. The van der Waals surface area contributed by atoms with Crippen molar-refractivity contribution in [2.75, 3.05) is 0 Å². The summed E-state index contributed by atoms with van der Waals surface area (Å²) in [5, 5.41) is 24.3. The first kappa shape index (κ1) is 24.8. The van der Waals surface area contributed by atoms with Gasteiger partial charge in [0.2, 0.25) is 11.7 Å². The second-order valence-corrected chi connectivity index (χ2v) is 9.84. The molecule has 8 nitrogen and oxygen atoms in total. The van der Waals surface area contributed by atoms with E-state index in [1.165, 1.54) is 4.90 Å². The number of hydrogen-bond acceptors (Lipinski definition) is 5. The number of hydrogen-bond donors (Lipinski definition) is 2. The number of H-pyrrole nitrogens is 1. The van der Waals surface area contributed by atoms with Crippen LogP contribution in [-0.2, 0) is 16.1 Å². The molecular formula is C24H28IN5O3. The number of rotatable bonds is 10. The van der Waals surface area contributed by atoms with E-state index in [2.05, 4.69) is 20.6 Å². The monoisotopic (exact) mass is 561 g/mol. The number of carboxylic acid groups (broad SMARTS) is 1. The number of carbonyl (C=O) groups is 2. The van der Waals surface area contributed by atoms with E-state index in [0.717, 1.165) is 35.1 Å². The number of carbonyl (C=O) groups excluding carboxylic acids is 1. The van der Waals surface area contributed by atoms with Crippen LogP contribution in [0.4, 0.5) is 0 Å². The minimum atomic E-state index is -1.33. The van der Waals surface area contributed by atoms with Crippen molar-refractivity contribution in [1.82, 2.24) is 25.5 Å². The molecule has 0 spiro atoms. The molecule has 1 atom stereocenters. The van der Waals surface area contributed by atoms with Crippen LogP contribution in [0, 0.1) is 5.92 Å². The molecule has 2 N–H and O–H groups in total. The Balaban J connectivity index is 1.92. The fraction of sp³-hybridized carbons (Fsp3) is 0.375. The van der Waals surface area contributed by atoms with Gasteiger partial charge >= 0.3 is 5.97 Å². The molecule has 0 saturated carbocycles. The lowest BCUT2D eigenvalue weighted by atomic mass is 9.97. The molecule has 1 aromatic heterocycles. The van der Waals surface area contributed by atoms with Gasteiger partial charge in [0, 0.05) is 18.5 Å². The van der Waals surface area contributed by atoms with Gasteiger partial charge in [-0.3, -0.25) is 4.79 Å². The number of benzene rings is 2. The molecule has 0 aliphatic carbocycles. The summed E-state index contributed by atoms with van der Waals surface area (Å²) in [6, 6.07) is 15.6. The maximum atomic E-state index is 13.1. The van der Waals surface area contributed by atoms with Crippen molar-refractivity contribution in [2.24, 2.45) is 5.92 Å². The van der Waals surface area contributed by atoms with Gasteiger partial charge in [0.05, 0.1) is 0 Å². The summed E-state index contributed by atoms with van der Waals surface area (Å²) in [6.07, 6.45) is 1.93. The van der Waals surface area contributed by atoms with Gasteiger partial charge in [-0.25, -0.2) is 4.79 Å². The predicted octanol–water partition coefficient (Wildman–Crippen LogP) is 4.92. The molecule has 0 saturated heterocycles. The van der Waals surface area contributed by atoms with E-state index in [-0.39, 0.29) is 18.4 Å². The third-order valence-electron chi connectivity index (χ3n) is 5.62. The zero-order valence-corrected chi connectivity index (χ0v) is 21.1. The standard InChI is InChI=1S/C24H28IN5O3/c1-4-5-10-21(31)30(24(25,16(2)3)23(32)33)15-17-11-13-18(14-12-17)19-8-6-7-9-20(19)22-26-28-29-27-22/h6-9,11-14,16H,4-5,10,15H2,1-3H3,(H,32,33)(H,26,27,28,29). The van der Waals surface area contributed by atoms with Gasteiger partial charge in [-0.05, 0) is 56.8 Å². The summed E-state index contributed by atoms with van der Waals surface area (Å²) in [5.74, 6) is -0.903. The van der Waals surface area contributed by atoms with Crippen LogP contribution in [0.3, 0.4) is 0 Å².